The molecule has 2 N–H and O–H groups in total. The largest absolute Gasteiger partial charge is 0.490 e. The highest BCUT2D eigenvalue weighted by Gasteiger charge is 2.21. The van der Waals surface area contributed by atoms with Crippen molar-refractivity contribution in [2.75, 3.05) is 20.0 Å². The van der Waals surface area contributed by atoms with Crippen LogP contribution in [-0.4, -0.2) is 26.0 Å². The van der Waals surface area contributed by atoms with Crippen molar-refractivity contribution < 1.29 is 14.2 Å². The van der Waals surface area contributed by atoms with Gasteiger partial charge < -0.3 is 19.9 Å². The second-order valence-corrected chi connectivity index (χ2v) is 5.47. The SMILES string of the molecule is CCOc1cc(CC(C)N)ccc1OCOCC1CC1. The highest BCUT2D eigenvalue weighted by atomic mass is 16.7. The second kappa shape index (κ2) is 7.50. The zero-order valence-electron chi connectivity index (χ0n) is 12.4. The molecule has 1 saturated carbocycles. The normalized spacial score (nSPS) is 15.9. The first kappa shape index (κ1) is 15.1. The van der Waals surface area contributed by atoms with Gasteiger partial charge in [0.25, 0.3) is 0 Å². The van der Waals surface area contributed by atoms with Gasteiger partial charge in [-0.25, -0.2) is 0 Å². The number of nitrogens with two attached hydrogens (primary N) is 1. The summed E-state index contributed by atoms with van der Waals surface area (Å²) in [7, 11) is 0. The minimum absolute atomic E-state index is 0.137. The standard InChI is InChI=1S/C16H25NO3/c1-3-19-16-9-14(8-12(2)17)6-7-15(16)20-11-18-10-13-4-5-13/h6-7,9,12-13H,3-5,8,10-11,17H2,1-2H3. The monoisotopic (exact) mass is 279 g/mol. The molecule has 0 saturated heterocycles. The molecule has 0 spiro atoms. The molecule has 0 amide bonds. The zero-order chi connectivity index (χ0) is 14.4. The van der Waals surface area contributed by atoms with Crippen molar-refractivity contribution in [2.45, 2.75) is 39.2 Å². The molecule has 1 aliphatic rings. The van der Waals surface area contributed by atoms with Crippen LogP contribution >= 0.6 is 0 Å². The van der Waals surface area contributed by atoms with E-state index in [1.54, 1.807) is 0 Å². The Morgan fingerprint density at radius 1 is 1.25 bits per heavy atom. The van der Waals surface area contributed by atoms with Gasteiger partial charge in [-0.3, -0.25) is 0 Å². The highest BCUT2D eigenvalue weighted by molar-refractivity contribution is 5.43. The quantitative estimate of drug-likeness (QED) is 0.558. The van der Waals surface area contributed by atoms with E-state index in [0.29, 0.717) is 6.61 Å². The Kier molecular flexibility index (Phi) is 5.68. The van der Waals surface area contributed by atoms with Gasteiger partial charge in [-0.1, -0.05) is 6.07 Å². The molecule has 4 heteroatoms. The van der Waals surface area contributed by atoms with Crippen LogP contribution in [0.5, 0.6) is 11.5 Å². The van der Waals surface area contributed by atoms with E-state index in [2.05, 4.69) is 0 Å². The van der Waals surface area contributed by atoms with Crippen LogP contribution in [0.25, 0.3) is 0 Å². The summed E-state index contributed by atoms with van der Waals surface area (Å²) in [5.41, 5.74) is 6.99. The Bertz CT molecular complexity index is 416. The fourth-order valence-corrected chi connectivity index (χ4v) is 2.04. The Morgan fingerprint density at radius 3 is 2.70 bits per heavy atom. The molecular weight excluding hydrogens is 254 g/mol. The molecule has 1 fully saturated rings. The minimum atomic E-state index is 0.137. The van der Waals surface area contributed by atoms with E-state index in [1.807, 2.05) is 32.0 Å². The lowest BCUT2D eigenvalue weighted by Crippen LogP contribution is -2.17. The molecule has 0 bridgehead atoms. The Balaban J connectivity index is 1.90. The van der Waals surface area contributed by atoms with Gasteiger partial charge in [0.2, 0.25) is 0 Å². The summed E-state index contributed by atoms with van der Waals surface area (Å²) in [6, 6.07) is 6.10. The Morgan fingerprint density at radius 2 is 2.05 bits per heavy atom. The topological polar surface area (TPSA) is 53.7 Å². The van der Waals surface area contributed by atoms with Crippen molar-refractivity contribution in [3.8, 4) is 11.5 Å². The molecule has 1 aromatic carbocycles. The highest BCUT2D eigenvalue weighted by Crippen LogP contribution is 2.30. The molecule has 1 unspecified atom stereocenters. The maximum atomic E-state index is 5.83. The first-order valence-electron chi connectivity index (χ1n) is 7.41. The van der Waals surface area contributed by atoms with Crippen LogP contribution in [0.1, 0.15) is 32.3 Å². The van der Waals surface area contributed by atoms with Crippen LogP contribution < -0.4 is 15.2 Å². The average molecular weight is 279 g/mol. The molecule has 0 aliphatic heterocycles. The van der Waals surface area contributed by atoms with Gasteiger partial charge in [-0.05, 0) is 56.7 Å². The summed E-state index contributed by atoms with van der Waals surface area (Å²) in [4.78, 5) is 0. The first-order valence-corrected chi connectivity index (χ1v) is 7.41. The molecule has 2 rings (SSSR count). The van der Waals surface area contributed by atoms with E-state index < -0.39 is 0 Å². The van der Waals surface area contributed by atoms with E-state index in [0.717, 1.165) is 36.0 Å². The molecule has 0 aromatic heterocycles. The summed E-state index contributed by atoms with van der Waals surface area (Å²) in [6.45, 7) is 5.65. The first-order chi connectivity index (χ1) is 9.69. The van der Waals surface area contributed by atoms with Crippen LogP contribution in [0.3, 0.4) is 0 Å². The van der Waals surface area contributed by atoms with Crippen molar-refractivity contribution in [2.24, 2.45) is 11.7 Å². The van der Waals surface area contributed by atoms with Gasteiger partial charge >= 0.3 is 0 Å². The molecule has 112 valence electrons. The lowest BCUT2D eigenvalue weighted by Gasteiger charge is -2.14. The van der Waals surface area contributed by atoms with E-state index in [-0.39, 0.29) is 12.8 Å². The summed E-state index contributed by atoms with van der Waals surface area (Å²) in [5.74, 6) is 2.25. The fraction of sp³-hybridized carbons (Fsp3) is 0.625. The number of benzene rings is 1. The van der Waals surface area contributed by atoms with Gasteiger partial charge in [-0.15, -0.1) is 0 Å². The summed E-state index contributed by atoms with van der Waals surface area (Å²) in [6.07, 6.45) is 3.41. The molecule has 1 atom stereocenters. The van der Waals surface area contributed by atoms with Gasteiger partial charge in [0.05, 0.1) is 13.2 Å². The fourth-order valence-electron chi connectivity index (χ4n) is 2.04. The predicted molar refractivity (Wildman–Crippen MR) is 79.1 cm³/mol. The lowest BCUT2D eigenvalue weighted by atomic mass is 10.1. The number of ether oxygens (including phenoxy) is 3. The van der Waals surface area contributed by atoms with E-state index in [4.69, 9.17) is 19.9 Å². The van der Waals surface area contributed by atoms with E-state index in [1.165, 1.54) is 12.8 Å². The smallest absolute Gasteiger partial charge is 0.189 e. The van der Waals surface area contributed by atoms with Crippen LogP contribution in [0.4, 0.5) is 0 Å². The average Bonchev–Trinajstić information content (AvgIpc) is 3.20. The van der Waals surface area contributed by atoms with Crippen molar-refractivity contribution in [1.29, 1.82) is 0 Å². The summed E-state index contributed by atoms with van der Waals surface area (Å²) in [5, 5.41) is 0. The van der Waals surface area contributed by atoms with Crippen molar-refractivity contribution in [1.82, 2.24) is 0 Å². The molecule has 20 heavy (non-hydrogen) atoms. The Hall–Kier alpha value is -1.26. The molecule has 4 nitrogen and oxygen atoms in total. The third-order valence-electron chi connectivity index (χ3n) is 3.21. The molecule has 0 heterocycles. The number of hydrogen-bond donors (Lipinski definition) is 1. The lowest BCUT2D eigenvalue weighted by molar-refractivity contribution is 0.00839. The van der Waals surface area contributed by atoms with Gasteiger partial charge in [0, 0.05) is 6.04 Å². The maximum absolute atomic E-state index is 5.83. The third kappa shape index (κ3) is 5.02. The van der Waals surface area contributed by atoms with E-state index in [9.17, 15) is 0 Å². The van der Waals surface area contributed by atoms with Crippen LogP contribution in [0.15, 0.2) is 18.2 Å². The van der Waals surface area contributed by atoms with Crippen molar-refractivity contribution >= 4 is 0 Å². The third-order valence-corrected chi connectivity index (χ3v) is 3.21. The van der Waals surface area contributed by atoms with Crippen LogP contribution in [0, 0.1) is 5.92 Å². The number of rotatable bonds is 9. The van der Waals surface area contributed by atoms with Crippen LogP contribution in [0.2, 0.25) is 0 Å². The molecular formula is C16H25NO3. The van der Waals surface area contributed by atoms with Crippen molar-refractivity contribution in [3.63, 3.8) is 0 Å². The van der Waals surface area contributed by atoms with E-state index >= 15 is 0 Å². The number of hydrogen-bond acceptors (Lipinski definition) is 4. The van der Waals surface area contributed by atoms with Gasteiger partial charge in [-0.2, -0.15) is 0 Å². The van der Waals surface area contributed by atoms with Gasteiger partial charge in [0.15, 0.2) is 18.3 Å². The zero-order valence-corrected chi connectivity index (χ0v) is 12.4. The predicted octanol–water partition coefficient (Wildman–Crippen LogP) is 2.74. The summed E-state index contributed by atoms with van der Waals surface area (Å²) >= 11 is 0. The maximum Gasteiger partial charge on any atom is 0.189 e. The second-order valence-electron chi connectivity index (χ2n) is 5.47. The summed E-state index contributed by atoms with van der Waals surface area (Å²) < 4.78 is 16.8. The molecule has 1 aliphatic carbocycles. The molecule has 0 radical (unpaired) electrons. The Labute approximate surface area is 121 Å². The van der Waals surface area contributed by atoms with Crippen LogP contribution in [-0.2, 0) is 11.2 Å². The van der Waals surface area contributed by atoms with Gasteiger partial charge in [0.1, 0.15) is 0 Å². The minimum Gasteiger partial charge on any atom is -0.490 e. The van der Waals surface area contributed by atoms with Crippen molar-refractivity contribution in [3.05, 3.63) is 23.8 Å². The molecule has 1 aromatic rings.